The van der Waals surface area contributed by atoms with Gasteiger partial charge in [0.05, 0.1) is 19.8 Å². The molecular weight excluding hydrogens is 332 g/mol. The molecule has 7 heteroatoms. The summed E-state index contributed by atoms with van der Waals surface area (Å²) < 4.78 is 38.7. The van der Waals surface area contributed by atoms with Crippen LogP contribution in [0.3, 0.4) is 0 Å². The number of terminal acetylenes is 1. The predicted molar refractivity (Wildman–Crippen MR) is 90.9 cm³/mol. The van der Waals surface area contributed by atoms with Crippen molar-refractivity contribution in [1.29, 1.82) is 0 Å². The quantitative estimate of drug-likeness (QED) is 0.485. The normalized spacial score (nSPS) is 11.3. The van der Waals surface area contributed by atoms with E-state index < -0.39 is 10.4 Å². The average molecular weight is 356 g/mol. The maximum Gasteiger partial charge on any atom is 0.449 e. The van der Waals surface area contributed by atoms with Crippen LogP contribution >= 0.6 is 0 Å². The van der Waals surface area contributed by atoms with Gasteiger partial charge in [0.15, 0.2) is 0 Å². The number of hydrogen-bond donors (Lipinski definition) is 1. The average Bonchev–Trinajstić information content (AvgIpc) is 2.53. The van der Waals surface area contributed by atoms with Crippen LogP contribution in [-0.2, 0) is 21.2 Å². The van der Waals surface area contributed by atoms with Gasteiger partial charge >= 0.3 is 10.4 Å². The van der Waals surface area contributed by atoms with Crippen molar-refractivity contribution in [2.45, 2.75) is 39.7 Å². The molecule has 0 fully saturated rings. The van der Waals surface area contributed by atoms with Crippen molar-refractivity contribution in [3.63, 3.8) is 0 Å². The standard InChI is InChI=1S/C17H24O6S/c1-4-5-6-7-10-21-17-11-16(9-8-15(17)12-18)23-24(19,20)22-13-14(2)3/h1,8-9,11,14,18H,5-7,10,12-13H2,2-3H3. The highest BCUT2D eigenvalue weighted by Gasteiger charge is 2.16. The Morgan fingerprint density at radius 2 is 2.04 bits per heavy atom. The number of benzene rings is 1. The van der Waals surface area contributed by atoms with Crippen LogP contribution in [0.2, 0.25) is 0 Å². The van der Waals surface area contributed by atoms with Gasteiger partial charge < -0.3 is 14.0 Å². The fraction of sp³-hybridized carbons (Fsp3) is 0.529. The molecule has 134 valence electrons. The number of aliphatic hydroxyl groups excluding tert-OH is 1. The molecule has 6 nitrogen and oxygen atoms in total. The Morgan fingerprint density at radius 3 is 2.67 bits per heavy atom. The second-order valence-corrected chi connectivity index (χ2v) is 6.83. The molecule has 0 aliphatic rings. The summed E-state index contributed by atoms with van der Waals surface area (Å²) in [6.45, 7) is 3.89. The first-order valence-corrected chi connectivity index (χ1v) is 9.10. The van der Waals surface area contributed by atoms with Gasteiger partial charge in [-0.05, 0) is 30.9 Å². The van der Waals surface area contributed by atoms with Crippen LogP contribution in [0.1, 0.15) is 38.7 Å². The topological polar surface area (TPSA) is 82.1 Å². The lowest BCUT2D eigenvalue weighted by atomic mass is 10.2. The summed E-state index contributed by atoms with van der Waals surface area (Å²) in [5.41, 5.74) is 0.541. The van der Waals surface area contributed by atoms with Gasteiger partial charge in [-0.3, -0.25) is 0 Å². The van der Waals surface area contributed by atoms with E-state index in [2.05, 4.69) is 5.92 Å². The third-order valence-electron chi connectivity index (χ3n) is 2.93. The van der Waals surface area contributed by atoms with E-state index in [0.717, 1.165) is 12.8 Å². The molecule has 0 radical (unpaired) electrons. The van der Waals surface area contributed by atoms with Crippen molar-refractivity contribution in [2.75, 3.05) is 13.2 Å². The number of aliphatic hydroxyl groups is 1. The molecule has 1 aromatic carbocycles. The van der Waals surface area contributed by atoms with Crippen LogP contribution in [-0.4, -0.2) is 26.7 Å². The summed E-state index contributed by atoms with van der Waals surface area (Å²) in [6, 6.07) is 4.40. The summed E-state index contributed by atoms with van der Waals surface area (Å²) in [5.74, 6) is 3.04. The van der Waals surface area contributed by atoms with Gasteiger partial charge in [-0.1, -0.05) is 13.8 Å². The highest BCUT2D eigenvalue weighted by Crippen LogP contribution is 2.26. The summed E-state index contributed by atoms with van der Waals surface area (Å²) in [6.07, 6.45) is 7.44. The summed E-state index contributed by atoms with van der Waals surface area (Å²) in [4.78, 5) is 0. The van der Waals surface area contributed by atoms with Crippen molar-refractivity contribution < 1.29 is 26.6 Å². The molecule has 0 spiro atoms. The smallest absolute Gasteiger partial charge is 0.449 e. The summed E-state index contributed by atoms with van der Waals surface area (Å²) in [7, 11) is -4.14. The third-order valence-corrected chi connectivity index (χ3v) is 3.75. The molecule has 0 unspecified atom stereocenters. The van der Waals surface area contributed by atoms with E-state index in [-0.39, 0.29) is 24.9 Å². The minimum Gasteiger partial charge on any atom is -0.493 e. The molecule has 24 heavy (non-hydrogen) atoms. The maximum atomic E-state index is 11.7. The zero-order valence-corrected chi connectivity index (χ0v) is 14.8. The molecule has 1 aromatic rings. The van der Waals surface area contributed by atoms with Crippen molar-refractivity contribution in [2.24, 2.45) is 5.92 Å². The van der Waals surface area contributed by atoms with Crippen LogP contribution in [0.5, 0.6) is 11.5 Å². The molecule has 0 bridgehead atoms. The van der Waals surface area contributed by atoms with Gasteiger partial charge in [-0.15, -0.1) is 12.3 Å². The summed E-state index contributed by atoms with van der Waals surface area (Å²) in [5, 5.41) is 9.34. The first kappa shape index (κ1) is 20.3. The fourth-order valence-electron chi connectivity index (χ4n) is 1.72. The third kappa shape index (κ3) is 7.68. The number of rotatable bonds is 11. The monoisotopic (exact) mass is 356 g/mol. The predicted octanol–water partition coefficient (Wildman–Crippen LogP) is 2.66. The van der Waals surface area contributed by atoms with Crippen molar-refractivity contribution in [3.05, 3.63) is 23.8 Å². The molecule has 0 amide bonds. The Morgan fingerprint density at radius 1 is 1.29 bits per heavy atom. The van der Waals surface area contributed by atoms with Gasteiger partial charge in [0, 0.05) is 18.1 Å². The van der Waals surface area contributed by atoms with E-state index in [1.807, 2.05) is 13.8 Å². The van der Waals surface area contributed by atoms with Gasteiger partial charge in [0.1, 0.15) is 11.5 Å². The Labute approximate surface area is 144 Å². The highest BCUT2D eigenvalue weighted by atomic mass is 32.3. The van der Waals surface area contributed by atoms with Gasteiger partial charge in [0.25, 0.3) is 0 Å². The van der Waals surface area contributed by atoms with E-state index in [4.69, 9.17) is 19.5 Å². The molecule has 0 aliphatic heterocycles. The van der Waals surface area contributed by atoms with Gasteiger partial charge in [-0.25, -0.2) is 4.18 Å². The van der Waals surface area contributed by atoms with Crippen molar-refractivity contribution >= 4 is 10.4 Å². The Bertz CT molecular complexity index is 646. The molecule has 0 aromatic heterocycles. The molecule has 0 saturated heterocycles. The summed E-state index contributed by atoms with van der Waals surface area (Å²) >= 11 is 0. The minimum absolute atomic E-state index is 0.0373. The lowest BCUT2D eigenvalue weighted by Gasteiger charge is -2.13. The van der Waals surface area contributed by atoms with E-state index in [9.17, 15) is 13.5 Å². The molecule has 1 rings (SSSR count). The first-order valence-electron chi connectivity index (χ1n) is 7.77. The van der Waals surface area contributed by atoms with E-state index in [1.54, 1.807) is 6.07 Å². The number of ether oxygens (including phenoxy) is 1. The van der Waals surface area contributed by atoms with Gasteiger partial charge in [0.2, 0.25) is 0 Å². The number of unbranched alkanes of at least 4 members (excludes halogenated alkanes) is 2. The molecule has 0 atom stereocenters. The molecule has 0 heterocycles. The van der Waals surface area contributed by atoms with E-state index in [1.165, 1.54) is 12.1 Å². The SMILES string of the molecule is C#CCCCCOc1cc(OS(=O)(=O)OCC(C)C)ccc1CO. The first-order chi connectivity index (χ1) is 11.4. The van der Waals surface area contributed by atoms with E-state index in [0.29, 0.717) is 24.3 Å². The van der Waals surface area contributed by atoms with Crippen LogP contribution < -0.4 is 8.92 Å². The lowest BCUT2D eigenvalue weighted by Crippen LogP contribution is -2.16. The maximum absolute atomic E-state index is 11.7. The fourth-order valence-corrected chi connectivity index (χ4v) is 2.55. The van der Waals surface area contributed by atoms with E-state index >= 15 is 0 Å². The van der Waals surface area contributed by atoms with Crippen LogP contribution in [0.15, 0.2) is 18.2 Å². The molecule has 1 N–H and O–H groups in total. The Kier molecular flexibility index (Phi) is 8.61. The second-order valence-electron chi connectivity index (χ2n) is 5.61. The Hall–Kier alpha value is -1.75. The minimum atomic E-state index is -4.14. The Balaban J connectivity index is 2.72. The largest absolute Gasteiger partial charge is 0.493 e. The van der Waals surface area contributed by atoms with Crippen LogP contribution in [0, 0.1) is 18.3 Å². The van der Waals surface area contributed by atoms with Crippen molar-refractivity contribution in [1.82, 2.24) is 0 Å². The van der Waals surface area contributed by atoms with Crippen molar-refractivity contribution in [3.8, 4) is 23.8 Å². The van der Waals surface area contributed by atoms with Crippen LogP contribution in [0.4, 0.5) is 0 Å². The lowest BCUT2D eigenvalue weighted by molar-refractivity contribution is 0.240. The zero-order chi connectivity index (χ0) is 18.0. The van der Waals surface area contributed by atoms with Crippen LogP contribution in [0.25, 0.3) is 0 Å². The zero-order valence-electron chi connectivity index (χ0n) is 14.0. The molecule has 0 aliphatic carbocycles. The highest BCUT2D eigenvalue weighted by molar-refractivity contribution is 7.82. The second kappa shape index (κ2) is 10.2. The molecular formula is C17H24O6S. The van der Waals surface area contributed by atoms with Gasteiger partial charge in [-0.2, -0.15) is 8.42 Å². The number of hydrogen-bond acceptors (Lipinski definition) is 6. The molecule has 0 saturated carbocycles.